The van der Waals surface area contributed by atoms with Gasteiger partial charge in [-0.1, -0.05) is 25.1 Å². The number of hydrogen-bond donors (Lipinski definition) is 1. The number of ether oxygens (including phenoxy) is 1. The molecule has 2 aromatic rings. The number of hydrogen-bond acceptors (Lipinski definition) is 4. The second-order valence-corrected chi connectivity index (χ2v) is 6.35. The largest absolute Gasteiger partial charge is 0.495 e. The van der Waals surface area contributed by atoms with Gasteiger partial charge < -0.3 is 15.0 Å². The molecule has 0 unspecified atom stereocenters. The molecule has 0 bridgehead atoms. The average Bonchev–Trinajstić information content (AvgIpc) is 3.08. The lowest BCUT2D eigenvalue weighted by molar-refractivity contribution is -0.134. The van der Waals surface area contributed by atoms with Crippen molar-refractivity contribution in [2.45, 2.75) is 19.8 Å². The van der Waals surface area contributed by atoms with Crippen molar-refractivity contribution < 1.29 is 14.3 Å². The molecule has 1 aromatic heterocycles. The van der Waals surface area contributed by atoms with Crippen LogP contribution in [-0.2, 0) is 16.0 Å². The van der Waals surface area contributed by atoms with Crippen molar-refractivity contribution in [3.8, 4) is 5.75 Å². The van der Waals surface area contributed by atoms with E-state index in [2.05, 4.69) is 5.32 Å². The van der Waals surface area contributed by atoms with E-state index in [9.17, 15) is 9.59 Å². The standard InChI is InChI=1S/C18H22N2O3S/c1-3-10-20(18(22)12-14-7-6-11-24-14)13-17(21)19-15-8-4-5-9-16(15)23-2/h4-9,11H,3,10,12-13H2,1-2H3,(H,19,21). The van der Waals surface area contributed by atoms with Crippen LogP contribution in [0.2, 0.25) is 0 Å². The molecule has 1 heterocycles. The molecule has 0 aliphatic carbocycles. The van der Waals surface area contributed by atoms with Crippen LogP contribution in [0.15, 0.2) is 41.8 Å². The lowest BCUT2D eigenvalue weighted by Gasteiger charge is -2.21. The Kier molecular flexibility index (Phi) is 6.81. The van der Waals surface area contributed by atoms with Gasteiger partial charge in [0.15, 0.2) is 0 Å². The van der Waals surface area contributed by atoms with Gasteiger partial charge in [0.1, 0.15) is 5.75 Å². The lowest BCUT2D eigenvalue weighted by Crippen LogP contribution is -2.39. The maximum atomic E-state index is 12.4. The highest BCUT2D eigenvalue weighted by molar-refractivity contribution is 7.10. The molecule has 0 fully saturated rings. The van der Waals surface area contributed by atoms with Gasteiger partial charge >= 0.3 is 0 Å². The maximum absolute atomic E-state index is 12.4. The molecule has 2 amide bonds. The molecular formula is C18H22N2O3S. The Labute approximate surface area is 146 Å². The second-order valence-electron chi connectivity index (χ2n) is 5.32. The summed E-state index contributed by atoms with van der Waals surface area (Å²) in [6.45, 7) is 2.59. The highest BCUT2D eigenvalue weighted by atomic mass is 32.1. The third-order valence-electron chi connectivity index (χ3n) is 3.47. The SMILES string of the molecule is CCCN(CC(=O)Nc1ccccc1OC)C(=O)Cc1cccs1. The van der Waals surface area contributed by atoms with Crippen molar-refractivity contribution in [3.63, 3.8) is 0 Å². The first-order valence-corrected chi connectivity index (χ1v) is 8.75. The van der Waals surface area contributed by atoms with E-state index in [0.29, 0.717) is 24.4 Å². The fraction of sp³-hybridized carbons (Fsp3) is 0.333. The molecule has 0 atom stereocenters. The number of amides is 2. The maximum Gasteiger partial charge on any atom is 0.244 e. The third kappa shape index (κ3) is 5.09. The predicted octanol–water partition coefficient (Wildman–Crippen LogP) is 3.18. The number of thiophene rings is 1. The zero-order valence-electron chi connectivity index (χ0n) is 14.0. The molecular weight excluding hydrogens is 324 g/mol. The number of benzene rings is 1. The molecule has 5 nitrogen and oxygen atoms in total. The van der Waals surface area contributed by atoms with Gasteiger partial charge in [-0.2, -0.15) is 0 Å². The van der Waals surface area contributed by atoms with Crippen LogP contribution in [-0.4, -0.2) is 36.9 Å². The summed E-state index contributed by atoms with van der Waals surface area (Å²) in [5, 5.41) is 4.75. The van der Waals surface area contributed by atoms with E-state index in [1.165, 1.54) is 0 Å². The predicted molar refractivity (Wildman–Crippen MR) is 96.5 cm³/mol. The molecule has 0 aliphatic heterocycles. The smallest absolute Gasteiger partial charge is 0.244 e. The van der Waals surface area contributed by atoms with Crippen molar-refractivity contribution >= 4 is 28.8 Å². The molecule has 0 spiro atoms. The Morgan fingerprint density at radius 2 is 2.00 bits per heavy atom. The summed E-state index contributed by atoms with van der Waals surface area (Å²) in [7, 11) is 1.55. The molecule has 128 valence electrons. The molecule has 24 heavy (non-hydrogen) atoms. The minimum atomic E-state index is -0.229. The fourth-order valence-electron chi connectivity index (χ4n) is 2.35. The van der Waals surface area contributed by atoms with Crippen LogP contribution in [0.5, 0.6) is 5.75 Å². The molecule has 1 aromatic carbocycles. The minimum absolute atomic E-state index is 0.0329. The van der Waals surface area contributed by atoms with Gasteiger partial charge in [0.2, 0.25) is 11.8 Å². The van der Waals surface area contributed by atoms with Gasteiger partial charge in [-0.3, -0.25) is 9.59 Å². The number of nitrogens with one attached hydrogen (secondary N) is 1. The Morgan fingerprint density at radius 1 is 1.21 bits per heavy atom. The summed E-state index contributed by atoms with van der Waals surface area (Å²) >= 11 is 1.55. The third-order valence-corrected chi connectivity index (χ3v) is 4.34. The lowest BCUT2D eigenvalue weighted by atomic mass is 10.2. The number of carbonyl (C=O) groups excluding carboxylic acids is 2. The number of anilines is 1. The zero-order chi connectivity index (χ0) is 17.4. The van der Waals surface area contributed by atoms with Crippen molar-refractivity contribution in [3.05, 3.63) is 46.7 Å². The number of rotatable bonds is 8. The van der Waals surface area contributed by atoms with Crippen LogP contribution < -0.4 is 10.1 Å². The number of para-hydroxylation sites is 2. The number of carbonyl (C=O) groups is 2. The summed E-state index contributed by atoms with van der Waals surface area (Å²) in [5.74, 6) is 0.333. The average molecular weight is 346 g/mol. The van der Waals surface area contributed by atoms with E-state index < -0.39 is 0 Å². The minimum Gasteiger partial charge on any atom is -0.495 e. The summed E-state index contributed by atoms with van der Waals surface area (Å²) < 4.78 is 5.22. The van der Waals surface area contributed by atoms with E-state index in [1.807, 2.05) is 36.6 Å². The van der Waals surface area contributed by atoms with Gasteiger partial charge in [-0.25, -0.2) is 0 Å². The summed E-state index contributed by atoms with van der Waals surface area (Å²) in [6.07, 6.45) is 1.14. The molecule has 0 radical (unpaired) electrons. The quantitative estimate of drug-likeness (QED) is 0.799. The Hall–Kier alpha value is -2.34. The zero-order valence-corrected chi connectivity index (χ0v) is 14.8. The van der Waals surface area contributed by atoms with Gasteiger partial charge in [0, 0.05) is 11.4 Å². The van der Waals surface area contributed by atoms with E-state index in [4.69, 9.17) is 4.74 Å². The van der Waals surface area contributed by atoms with Crippen LogP contribution in [0, 0.1) is 0 Å². The summed E-state index contributed by atoms with van der Waals surface area (Å²) in [5.41, 5.74) is 0.604. The fourth-order valence-corrected chi connectivity index (χ4v) is 3.04. The highest BCUT2D eigenvalue weighted by Gasteiger charge is 2.18. The first kappa shape index (κ1) is 18.0. The Morgan fingerprint density at radius 3 is 2.67 bits per heavy atom. The van der Waals surface area contributed by atoms with Gasteiger partial charge in [-0.15, -0.1) is 11.3 Å². The molecule has 2 rings (SSSR count). The van der Waals surface area contributed by atoms with E-state index in [1.54, 1.807) is 35.5 Å². The second kappa shape index (κ2) is 9.08. The molecule has 6 heteroatoms. The number of nitrogens with zero attached hydrogens (tertiary/aromatic N) is 1. The van der Waals surface area contributed by atoms with Crippen LogP contribution in [0.4, 0.5) is 5.69 Å². The molecule has 1 N–H and O–H groups in total. The van der Waals surface area contributed by atoms with Crippen molar-refractivity contribution in [2.75, 3.05) is 25.5 Å². The monoisotopic (exact) mass is 346 g/mol. The van der Waals surface area contributed by atoms with E-state index in [0.717, 1.165) is 11.3 Å². The molecule has 0 saturated carbocycles. The molecule has 0 saturated heterocycles. The Balaban J connectivity index is 1.98. The van der Waals surface area contributed by atoms with Gasteiger partial charge in [-0.05, 0) is 30.0 Å². The summed E-state index contributed by atoms with van der Waals surface area (Å²) in [6, 6.07) is 11.1. The highest BCUT2D eigenvalue weighted by Crippen LogP contribution is 2.22. The summed E-state index contributed by atoms with van der Waals surface area (Å²) in [4.78, 5) is 27.4. The first-order chi connectivity index (χ1) is 11.6. The van der Waals surface area contributed by atoms with Crippen LogP contribution in [0.25, 0.3) is 0 Å². The Bertz CT molecular complexity index is 671. The van der Waals surface area contributed by atoms with Gasteiger partial charge in [0.25, 0.3) is 0 Å². The first-order valence-electron chi connectivity index (χ1n) is 7.87. The van der Waals surface area contributed by atoms with Crippen LogP contribution in [0.1, 0.15) is 18.2 Å². The van der Waals surface area contributed by atoms with Gasteiger partial charge in [0.05, 0.1) is 25.8 Å². The van der Waals surface area contributed by atoms with Crippen molar-refractivity contribution in [1.29, 1.82) is 0 Å². The molecule has 0 aliphatic rings. The van der Waals surface area contributed by atoms with Crippen molar-refractivity contribution in [1.82, 2.24) is 4.90 Å². The van der Waals surface area contributed by atoms with E-state index >= 15 is 0 Å². The topological polar surface area (TPSA) is 58.6 Å². The normalized spacial score (nSPS) is 10.2. The number of methoxy groups -OCH3 is 1. The van der Waals surface area contributed by atoms with Crippen LogP contribution >= 0.6 is 11.3 Å². The van der Waals surface area contributed by atoms with Crippen LogP contribution in [0.3, 0.4) is 0 Å². The van der Waals surface area contributed by atoms with E-state index in [-0.39, 0.29) is 18.4 Å². The van der Waals surface area contributed by atoms with Crippen molar-refractivity contribution in [2.24, 2.45) is 0 Å².